The Bertz CT molecular complexity index is 315. The highest BCUT2D eigenvalue weighted by Gasteiger charge is 2.88. The third-order valence-electron chi connectivity index (χ3n) is 6.97. The molecule has 7 rings (SSSR count). The van der Waals surface area contributed by atoms with Crippen LogP contribution < -0.4 is 0 Å². The summed E-state index contributed by atoms with van der Waals surface area (Å²) in [6, 6.07) is 0. The van der Waals surface area contributed by atoms with Crippen molar-refractivity contribution >= 4 is 0 Å². The fraction of sp³-hybridized carbons (Fsp3) is 1.00. The van der Waals surface area contributed by atoms with E-state index >= 15 is 0 Å². The summed E-state index contributed by atoms with van der Waals surface area (Å²) in [6.07, 6.45) is 3.23. The first-order chi connectivity index (χ1) is 6.42. The second-order valence-corrected chi connectivity index (χ2v) is 6.58. The third-order valence-corrected chi connectivity index (χ3v) is 6.97. The standard InChI is InChI=1S/C12H14O/c1-4-5-2-7-8(4)10-6(1)9(5)11(7)12(10)3-13-12/h4-11H,1-3H2/t4-,5+,6+,7-,8+,9-,10+,11-,12?. The van der Waals surface area contributed by atoms with Crippen LogP contribution >= 0.6 is 0 Å². The molecule has 1 heterocycles. The van der Waals surface area contributed by atoms with Gasteiger partial charge in [-0.1, -0.05) is 0 Å². The van der Waals surface area contributed by atoms with E-state index < -0.39 is 0 Å². The van der Waals surface area contributed by atoms with Crippen molar-refractivity contribution in [2.75, 3.05) is 6.61 Å². The Hall–Kier alpha value is -0.0400. The summed E-state index contributed by atoms with van der Waals surface area (Å²) in [7, 11) is 0. The summed E-state index contributed by atoms with van der Waals surface area (Å²) in [6.45, 7) is 1.15. The minimum Gasteiger partial charge on any atom is -0.369 e. The van der Waals surface area contributed by atoms with Crippen molar-refractivity contribution in [1.82, 2.24) is 0 Å². The molecular weight excluding hydrogens is 160 g/mol. The molecule has 0 N–H and O–H groups in total. The lowest BCUT2D eigenvalue weighted by atomic mass is 9.71. The Morgan fingerprint density at radius 1 is 0.846 bits per heavy atom. The molecule has 0 aromatic rings. The van der Waals surface area contributed by atoms with Crippen LogP contribution in [0.25, 0.3) is 0 Å². The van der Waals surface area contributed by atoms with Crippen molar-refractivity contribution in [1.29, 1.82) is 0 Å². The third kappa shape index (κ3) is 0.319. The maximum atomic E-state index is 5.92. The molecule has 0 aromatic heterocycles. The van der Waals surface area contributed by atoms with E-state index in [1.54, 1.807) is 12.8 Å². The number of ether oxygens (including phenoxy) is 1. The van der Waals surface area contributed by atoms with E-state index in [0.717, 1.165) is 42.1 Å². The minimum atomic E-state index is 0.505. The van der Waals surface area contributed by atoms with Crippen LogP contribution in [-0.4, -0.2) is 12.2 Å². The van der Waals surface area contributed by atoms with Gasteiger partial charge in [0.15, 0.2) is 0 Å². The summed E-state index contributed by atoms with van der Waals surface area (Å²) in [5, 5.41) is 0. The van der Waals surface area contributed by atoms with Gasteiger partial charge in [-0.15, -0.1) is 0 Å². The molecule has 6 aliphatic carbocycles. The van der Waals surface area contributed by atoms with E-state index in [2.05, 4.69) is 0 Å². The fourth-order valence-corrected chi connectivity index (χ4v) is 7.29. The summed E-state index contributed by atoms with van der Waals surface area (Å²) in [5.41, 5.74) is 0.505. The molecule has 1 spiro atoms. The molecule has 1 unspecified atom stereocenters. The lowest BCUT2D eigenvalue weighted by molar-refractivity contribution is 0.132. The number of rotatable bonds is 0. The molecule has 6 bridgehead atoms. The van der Waals surface area contributed by atoms with Crippen LogP contribution in [0, 0.1) is 47.3 Å². The van der Waals surface area contributed by atoms with Crippen LogP contribution in [0.3, 0.4) is 0 Å². The largest absolute Gasteiger partial charge is 0.369 e. The van der Waals surface area contributed by atoms with Crippen molar-refractivity contribution in [3.63, 3.8) is 0 Å². The zero-order valence-corrected chi connectivity index (χ0v) is 7.65. The first kappa shape index (κ1) is 5.75. The average Bonchev–Trinajstić information content (AvgIpc) is 2.43. The molecule has 7 fully saturated rings. The topological polar surface area (TPSA) is 12.5 Å². The predicted octanol–water partition coefficient (Wildman–Crippen LogP) is 1.53. The van der Waals surface area contributed by atoms with E-state index in [1.165, 1.54) is 11.8 Å². The van der Waals surface area contributed by atoms with E-state index in [0.29, 0.717) is 5.60 Å². The molecule has 13 heavy (non-hydrogen) atoms. The van der Waals surface area contributed by atoms with Crippen molar-refractivity contribution in [2.45, 2.75) is 18.4 Å². The second-order valence-electron chi connectivity index (χ2n) is 6.58. The molecule has 0 amide bonds. The molecule has 6 saturated carbocycles. The Balaban J connectivity index is 1.78. The smallest absolute Gasteiger partial charge is 0.0983 e. The van der Waals surface area contributed by atoms with Crippen molar-refractivity contribution < 1.29 is 4.74 Å². The van der Waals surface area contributed by atoms with Gasteiger partial charge in [0, 0.05) is 0 Å². The maximum absolute atomic E-state index is 5.92. The van der Waals surface area contributed by atoms with Gasteiger partial charge >= 0.3 is 0 Å². The average molecular weight is 174 g/mol. The Labute approximate surface area is 77.8 Å². The Kier molecular flexibility index (Phi) is 0.551. The summed E-state index contributed by atoms with van der Waals surface area (Å²) in [4.78, 5) is 0. The zero-order chi connectivity index (χ0) is 7.95. The van der Waals surface area contributed by atoms with E-state index in [1.807, 2.05) is 0 Å². The van der Waals surface area contributed by atoms with Gasteiger partial charge in [-0.25, -0.2) is 0 Å². The monoisotopic (exact) mass is 174 g/mol. The van der Waals surface area contributed by atoms with Gasteiger partial charge in [0.25, 0.3) is 0 Å². The summed E-state index contributed by atoms with van der Waals surface area (Å²) < 4.78 is 5.92. The predicted molar refractivity (Wildman–Crippen MR) is 45.8 cm³/mol. The number of hydrogen-bond donors (Lipinski definition) is 0. The molecule has 68 valence electrons. The van der Waals surface area contributed by atoms with E-state index in [-0.39, 0.29) is 0 Å². The van der Waals surface area contributed by atoms with Gasteiger partial charge in [0.2, 0.25) is 0 Å². The lowest BCUT2D eigenvalue weighted by Gasteiger charge is -2.33. The Morgan fingerprint density at radius 3 is 1.85 bits per heavy atom. The SMILES string of the molecule is C1[C@@H]2[C@@H]3[C@@H]4C[C@H]5[C@@H]([C@@H]14)[C@@H]2C1(CO1)[C@@H]53. The molecular formula is C12H14O. The second kappa shape index (κ2) is 1.25. The van der Waals surface area contributed by atoms with Crippen LogP contribution in [0.15, 0.2) is 0 Å². The maximum Gasteiger partial charge on any atom is 0.0983 e. The fourth-order valence-electron chi connectivity index (χ4n) is 7.29. The summed E-state index contributed by atoms with van der Waals surface area (Å²) in [5.74, 6) is 9.11. The van der Waals surface area contributed by atoms with E-state index in [4.69, 9.17) is 4.74 Å². The van der Waals surface area contributed by atoms with Crippen LogP contribution in [-0.2, 0) is 4.74 Å². The first-order valence-corrected chi connectivity index (χ1v) is 6.06. The van der Waals surface area contributed by atoms with Crippen molar-refractivity contribution in [3.8, 4) is 0 Å². The molecule has 9 atom stereocenters. The van der Waals surface area contributed by atoms with Crippen LogP contribution in [0.5, 0.6) is 0 Å². The number of epoxide rings is 1. The van der Waals surface area contributed by atoms with Crippen LogP contribution in [0.1, 0.15) is 12.8 Å². The zero-order valence-electron chi connectivity index (χ0n) is 7.65. The van der Waals surface area contributed by atoms with Gasteiger partial charge in [0.1, 0.15) is 0 Å². The quantitative estimate of drug-likeness (QED) is 0.507. The Morgan fingerprint density at radius 2 is 1.38 bits per heavy atom. The van der Waals surface area contributed by atoms with Gasteiger partial charge < -0.3 is 4.74 Å². The van der Waals surface area contributed by atoms with Crippen LogP contribution in [0.2, 0.25) is 0 Å². The normalized spacial score (nSPS) is 88.6. The van der Waals surface area contributed by atoms with Gasteiger partial charge in [-0.05, 0) is 60.2 Å². The highest BCUT2D eigenvalue weighted by Crippen LogP contribution is 2.87. The van der Waals surface area contributed by atoms with E-state index in [9.17, 15) is 0 Å². The lowest BCUT2D eigenvalue weighted by Crippen LogP contribution is -2.30. The molecule has 7 aliphatic rings. The molecule has 1 saturated heterocycles. The summed E-state index contributed by atoms with van der Waals surface area (Å²) >= 11 is 0. The molecule has 1 heteroatoms. The number of hydrogen-bond acceptors (Lipinski definition) is 1. The molecule has 1 aliphatic heterocycles. The minimum absolute atomic E-state index is 0.505. The first-order valence-electron chi connectivity index (χ1n) is 6.06. The highest BCUT2D eigenvalue weighted by molar-refractivity contribution is 5.35. The molecule has 1 nitrogen and oxygen atoms in total. The van der Waals surface area contributed by atoms with Crippen LogP contribution in [0.4, 0.5) is 0 Å². The van der Waals surface area contributed by atoms with Crippen molar-refractivity contribution in [3.05, 3.63) is 0 Å². The van der Waals surface area contributed by atoms with Gasteiger partial charge in [-0.3, -0.25) is 0 Å². The van der Waals surface area contributed by atoms with Crippen molar-refractivity contribution in [2.24, 2.45) is 47.3 Å². The molecule has 0 aromatic carbocycles. The molecule has 0 radical (unpaired) electrons. The van der Waals surface area contributed by atoms with Gasteiger partial charge in [-0.2, -0.15) is 0 Å². The van der Waals surface area contributed by atoms with Gasteiger partial charge in [0.05, 0.1) is 12.2 Å². The highest BCUT2D eigenvalue weighted by atomic mass is 16.6.